The molecule has 2 aromatic heterocycles. The van der Waals surface area contributed by atoms with Crippen molar-refractivity contribution in [2.24, 2.45) is 0 Å². The maximum absolute atomic E-state index is 11.8. The monoisotopic (exact) mass is 264 g/mol. The number of H-pyrrole nitrogens is 2. The molecule has 6 nitrogen and oxygen atoms in total. The van der Waals surface area contributed by atoms with E-state index in [9.17, 15) is 14.4 Å². The lowest BCUT2D eigenvalue weighted by molar-refractivity contribution is 0.543. The Labute approximate surface area is 108 Å². The van der Waals surface area contributed by atoms with Gasteiger partial charge in [-0.2, -0.15) is 0 Å². The molecule has 0 radical (unpaired) electrons. The molecule has 0 aliphatic heterocycles. The van der Waals surface area contributed by atoms with Crippen molar-refractivity contribution in [1.82, 2.24) is 9.97 Å². The van der Waals surface area contributed by atoms with E-state index in [2.05, 4.69) is 16.9 Å². The van der Waals surface area contributed by atoms with Crippen LogP contribution >= 0.6 is 0 Å². The summed E-state index contributed by atoms with van der Waals surface area (Å²) in [6, 6.07) is 1.32. The first-order valence-electron chi connectivity index (χ1n) is 6.41. The topological polar surface area (TPSA) is 95.9 Å². The molecule has 2 aromatic rings. The Morgan fingerprint density at radius 2 is 1.89 bits per heavy atom. The third kappa shape index (κ3) is 3.01. The molecule has 2 heterocycles. The molecule has 0 saturated carbocycles. The van der Waals surface area contributed by atoms with Crippen molar-refractivity contribution in [2.75, 3.05) is 0 Å². The second kappa shape index (κ2) is 5.69. The molecular formula is C13H16N2O4. The van der Waals surface area contributed by atoms with Gasteiger partial charge >= 0.3 is 11.3 Å². The summed E-state index contributed by atoms with van der Waals surface area (Å²) in [7, 11) is 0. The van der Waals surface area contributed by atoms with E-state index in [0.29, 0.717) is 12.0 Å². The third-order valence-corrected chi connectivity index (χ3v) is 3.02. The lowest BCUT2D eigenvalue weighted by Crippen LogP contribution is -2.24. The molecule has 0 spiro atoms. The van der Waals surface area contributed by atoms with Crippen LogP contribution < -0.4 is 16.9 Å². The number of fused-ring (bicyclic) bond motifs is 1. The first-order valence-corrected chi connectivity index (χ1v) is 6.41. The van der Waals surface area contributed by atoms with Crippen LogP contribution in [0.1, 0.15) is 38.2 Å². The van der Waals surface area contributed by atoms with Crippen molar-refractivity contribution in [1.29, 1.82) is 0 Å². The molecular weight excluding hydrogens is 248 g/mol. The minimum Gasteiger partial charge on any atom is -0.405 e. The Hall–Kier alpha value is -2.11. The van der Waals surface area contributed by atoms with Crippen LogP contribution in [0.2, 0.25) is 0 Å². The molecule has 19 heavy (non-hydrogen) atoms. The molecule has 0 aliphatic carbocycles. The summed E-state index contributed by atoms with van der Waals surface area (Å²) in [4.78, 5) is 38.8. The van der Waals surface area contributed by atoms with Gasteiger partial charge in [0.05, 0.1) is 0 Å². The predicted octanol–water partition coefficient (Wildman–Crippen LogP) is 1.29. The van der Waals surface area contributed by atoms with E-state index in [4.69, 9.17) is 4.42 Å². The number of hydrogen-bond donors (Lipinski definition) is 2. The fourth-order valence-electron chi connectivity index (χ4n) is 2.12. The summed E-state index contributed by atoms with van der Waals surface area (Å²) in [5.41, 5.74) is -1.18. The van der Waals surface area contributed by atoms with Gasteiger partial charge in [-0.1, -0.05) is 26.2 Å². The zero-order valence-electron chi connectivity index (χ0n) is 10.7. The molecule has 102 valence electrons. The van der Waals surface area contributed by atoms with Crippen LogP contribution in [0.3, 0.4) is 0 Å². The number of rotatable bonds is 5. The average Bonchev–Trinajstić information content (AvgIpc) is 2.33. The van der Waals surface area contributed by atoms with Crippen molar-refractivity contribution in [3.05, 3.63) is 42.9 Å². The Morgan fingerprint density at radius 1 is 1.11 bits per heavy atom. The van der Waals surface area contributed by atoms with E-state index in [-0.39, 0.29) is 11.1 Å². The maximum Gasteiger partial charge on any atom is 0.337 e. The Kier molecular flexibility index (Phi) is 3.99. The Balaban J connectivity index is 2.45. The average molecular weight is 264 g/mol. The molecule has 6 heteroatoms. The van der Waals surface area contributed by atoms with Gasteiger partial charge in [-0.3, -0.25) is 14.8 Å². The molecule has 2 N–H and O–H groups in total. The Morgan fingerprint density at radius 3 is 2.63 bits per heavy atom. The van der Waals surface area contributed by atoms with Gasteiger partial charge in [0.15, 0.2) is 0 Å². The zero-order valence-corrected chi connectivity index (χ0v) is 10.7. The summed E-state index contributed by atoms with van der Waals surface area (Å²) in [6.07, 6.45) is 4.79. The lowest BCUT2D eigenvalue weighted by atomic mass is 10.1. The van der Waals surface area contributed by atoms with Crippen molar-refractivity contribution in [3.8, 4) is 0 Å². The van der Waals surface area contributed by atoms with Gasteiger partial charge in [0.2, 0.25) is 5.71 Å². The van der Waals surface area contributed by atoms with Gasteiger partial charge in [0.25, 0.3) is 5.56 Å². The molecule has 0 bridgehead atoms. The lowest BCUT2D eigenvalue weighted by Gasteiger charge is -2.03. The summed E-state index contributed by atoms with van der Waals surface area (Å²) < 4.78 is 4.86. The van der Waals surface area contributed by atoms with Crippen molar-refractivity contribution in [2.45, 2.75) is 39.0 Å². The fourth-order valence-corrected chi connectivity index (χ4v) is 2.12. The second-order valence-corrected chi connectivity index (χ2v) is 4.51. The van der Waals surface area contributed by atoms with Gasteiger partial charge < -0.3 is 4.42 Å². The van der Waals surface area contributed by atoms with Gasteiger partial charge in [0.1, 0.15) is 5.39 Å². The summed E-state index contributed by atoms with van der Waals surface area (Å²) in [6.45, 7) is 2.11. The number of unbranched alkanes of at least 4 members (excludes halogenated alkanes) is 3. The minimum atomic E-state index is -0.677. The Bertz CT molecular complexity index is 733. The fraction of sp³-hybridized carbons (Fsp3) is 0.462. The van der Waals surface area contributed by atoms with Crippen LogP contribution in [0.15, 0.2) is 24.9 Å². The second-order valence-electron chi connectivity index (χ2n) is 4.51. The number of nitrogens with one attached hydrogen (secondary N) is 2. The number of aromatic nitrogens is 2. The normalized spacial score (nSPS) is 11.0. The molecule has 0 amide bonds. The predicted molar refractivity (Wildman–Crippen MR) is 71.6 cm³/mol. The molecule has 0 fully saturated rings. The first-order chi connectivity index (χ1) is 9.11. The van der Waals surface area contributed by atoms with Crippen molar-refractivity contribution < 1.29 is 4.42 Å². The van der Waals surface area contributed by atoms with E-state index >= 15 is 0 Å². The summed E-state index contributed by atoms with van der Waals surface area (Å²) in [5.74, 6) is 0. The van der Waals surface area contributed by atoms with E-state index < -0.39 is 16.9 Å². The van der Waals surface area contributed by atoms with E-state index in [1.54, 1.807) is 0 Å². The molecule has 0 atom stereocenters. The van der Waals surface area contributed by atoms with Gasteiger partial charge in [-0.25, -0.2) is 9.59 Å². The zero-order chi connectivity index (χ0) is 13.8. The molecule has 0 unspecified atom stereocenters. The molecule has 0 aromatic carbocycles. The van der Waals surface area contributed by atoms with E-state index in [0.717, 1.165) is 25.7 Å². The van der Waals surface area contributed by atoms with E-state index in [1.807, 2.05) is 0 Å². The highest BCUT2D eigenvalue weighted by molar-refractivity contribution is 5.75. The highest BCUT2D eigenvalue weighted by Gasteiger charge is 2.10. The van der Waals surface area contributed by atoms with Crippen LogP contribution in [-0.4, -0.2) is 9.97 Å². The molecule has 0 saturated heterocycles. The summed E-state index contributed by atoms with van der Waals surface area (Å²) >= 11 is 0. The highest BCUT2D eigenvalue weighted by Crippen LogP contribution is 2.13. The first kappa shape index (κ1) is 13.3. The SMILES string of the molecule is CCCCCCc1cc(=O)oc2[nH]c(=O)[nH]c(=O)c12. The molecule has 0 aliphatic rings. The van der Waals surface area contributed by atoms with Gasteiger partial charge in [-0.15, -0.1) is 0 Å². The summed E-state index contributed by atoms with van der Waals surface area (Å²) in [5, 5.41) is 0.260. The minimum absolute atomic E-state index is 0.0493. The van der Waals surface area contributed by atoms with Crippen LogP contribution in [0, 0.1) is 0 Å². The van der Waals surface area contributed by atoms with Gasteiger partial charge in [-0.05, 0) is 18.4 Å². The van der Waals surface area contributed by atoms with Crippen LogP contribution in [0.5, 0.6) is 0 Å². The van der Waals surface area contributed by atoms with Gasteiger partial charge in [0, 0.05) is 6.07 Å². The number of aryl methyl sites for hydroxylation is 1. The van der Waals surface area contributed by atoms with Crippen molar-refractivity contribution in [3.63, 3.8) is 0 Å². The smallest absolute Gasteiger partial charge is 0.337 e. The highest BCUT2D eigenvalue weighted by atomic mass is 16.4. The quantitative estimate of drug-likeness (QED) is 0.795. The van der Waals surface area contributed by atoms with E-state index in [1.165, 1.54) is 6.07 Å². The molecule has 2 rings (SSSR count). The van der Waals surface area contributed by atoms with Crippen LogP contribution in [0.25, 0.3) is 11.1 Å². The van der Waals surface area contributed by atoms with Crippen molar-refractivity contribution >= 4 is 11.1 Å². The number of hydrogen-bond acceptors (Lipinski definition) is 4. The largest absolute Gasteiger partial charge is 0.405 e. The van der Waals surface area contributed by atoms with Crippen LogP contribution in [-0.2, 0) is 6.42 Å². The third-order valence-electron chi connectivity index (χ3n) is 3.02. The number of aromatic amines is 2. The van der Waals surface area contributed by atoms with Crippen LogP contribution in [0.4, 0.5) is 0 Å². The standard InChI is InChI=1S/C13H16N2O4/c1-2-3-4-5-6-8-7-9(16)19-12-10(8)11(17)14-13(18)15-12/h7H,2-6H2,1H3,(H2,14,15,17,18). The maximum atomic E-state index is 11.8.